The second-order valence-electron chi connectivity index (χ2n) is 4.38. The van der Waals surface area contributed by atoms with Gasteiger partial charge in [0.25, 0.3) is 5.91 Å². The van der Waals surface area contributed by atoms with E-state index in [1.807, 2.05) is 12.1 Å². The van der Waals surface area contributed by atoms with Crippen molar-refractivity contribution < 1.29 is 14.6 Å². The second-order valence-corrected chi connectivity index (χ2v) is 4.38. The van der Waals surface area contributed by atoms with E-state index in [2.05, 4.69) is 11.2 Å². The molecule has 2 atom stereocenters. The highest BCUT2D eigenvalue weighted by atomic mass is 16.5. The Labute approximate surface area is 113 Å². The van der Waals surface area contributed by atoms with Crippen LogP contribution in [-0.4, -0.2) is 29.8 Å². The highest BCUT2D eigenvalue weighted by Gasteiger charge is 2.13. The van der Waals surface area contributed by atoms with E-state index in [1.165, 1.54) is 0 Å². The summed E-state index contributed by atoms with van der Waals surface area (Å²) in [5.41, 5.74) is 1.02. The lowest BCUT2D eigenvalue weighted by Crippen LogP contribution is -2.36. The number of carbonyl (C=O) groups excluding carboxylic acids is 1. The molecule has 0 aliphatic carbocycles. The van der Waals surface area contributed by atoms with E-state index in [9.17, 15) is 9.90 Å². The minimum absolute atomic E-state index is 0.194. The highest BCUT2D eigenvalue weighted by Crippen LogP contribution is 2.15. The fourth-order valence-corrected chi connectivity index (χ4v) is 1.58. The van der Waals surface area contributed by atoms with Gasteiger partial charge in [0.1, 0.15) is 5.75 Å². The van der Waals surface area contributed by atoms with Crippen molar-refractivity contribution in [2.45, 2.75) is 32.5 Å². The molecule has 2 unspecified atom stereocenters. The molecule has 0 aliphatic heterocycles. The average Bonchev–Trinajstić information content (AvgIpc) is 2.37. The fraction of sp³-hybridized carbons (Fsp3) is 0.400. The van der Waals surface area contributed by atoms with E-state index < -0.39 is 6.10 Å². The van der Waals surface area contributed by atoms with Gasteiger partial charge in [-0.05, 0) is 38.0 Å². The summed E-state index contributed by atoms with van der Waals surface area (Å²) in [5.74, 6) is 2.70. The zero-order valence-corrected chi connectivity index (χ0v) is 11.2. The van der Waals surface area contributed by atoms with Gasteiger partial charge in [-0.3, -0.25) is 4.79 Å². The summed E-state index contributed by atoms with van der Waals surface area (Å²) >= 11 is 0. The van der Waals surface area contributed by atoms with Crippen molar-refractivity contribution in [3.63, 3.8) is 0 Å². The molecule has 0 spiro atoms. The van der Waals surface area contributed by atoms with Gasteiger partial charge >= 0.3 is 0 Å². The standard InChI is InChI=1S/C15H19NO3/c1-4-9-16-15(18)12(3)19-14-7-5-13(6-8-14)10-11(2)17/h1,5-8,11-12,17H,9-10H2,2-3H3,(H,16,18). The van der Waals surface area contributed by atoms with E-state index in [4.69, 9.17) is 11.2 Å². The van der Waals surface area contributed by atoms with Gasteiger partial charge in [0.05, 0.1) is 12.6 Å². The largest absolute Gasteiger partial charge is 0.481 e. The summed E-state index contributed by atoms with van der Waals surface area (Å²) in [6.07, 6.45) is 4.68. The zero-order valence-electron chi connectivity index (χ0n) is 11.2. The van der Waals surface area contributed by atoms with Crippen molar-refractivity contribution in [1.82, 2.24) is 5.32 Å². The lowest BCUT2D eigenvalue weighted by Gasteiger charge is -2.14. The van der Waals surface area contributed by atoms with Crippen LogP contribution in [0.3, 0.4) is 0 Å². The van der Waals surface area contributed by atoms with E-state index in [0.29, 0.717) is 12.2 Å². The Morgan fingerprint density at radius 1 is 1.42 bits per heavy atom. The SMILES string of the molecule is C#CCNC(=O)C(C)Oc1ccc(CC(C)O)cc1. The minimum atomic E-state index is -0.601. The molecular formula is C15H19NO3. The number of amides is 1. The summed E-state index contributed by atoms with van der Waals surface area (Å²) in [7, 11) is 0. The molecule has 1 rings (SSSR count). The van der Waals surface area contributed by atoms with Gasteiger partial charge < -0.3 is 15.2 Å². The molecular weight excluding hydrogens is 242 g/mol. The molecule has 19 heavy (non-hydrogen) atoms. The predicted molar refractivity (Wildman–Crippen MR) is 73.8 cm³/mol. The fourth-order valence-electron chi connectivity index (χ4n) is 1.58. The molecule has 102 valence electrons. The molecule has 0 heterocycles. The van der Waals surface area contributed by atoms with Crippen LogP contribution in [0.15, 0.2) is 24.3 Å². The summed E-state index contributed by atoms with van der Waals surface area (Å²) in [5, 5.41) is 11.8. The molecule has 0 radical (unpaired) electrons. The normalized spacial score (nSPS) is 13.2. The Hall–Kier alpha value is -1.99. The number of ether oxygens (including phenoxy) is 1. The van der Waals surface area contributed by atoms with Crippen molar-refractivity contribution in [1.29, 1.82) is 0 Å². The minimum Gasteiger partial charge on any atom is -0.481 e. The van der Waals surface area contributed by atoms with E-state index >= 15 is 0 Å². The van der Waals surface area contributed by atoms with E-state index in [1.54, 1.807) is 26.0 Å². The molecule has 0 aliphatic rings. The van der Waals surface area contributed by atoms with Crippen molar-refractivity contribution in [2.24, 2.45) is 0 Å². The smallest absolute Gasteiger partial charge is 0.261 e. The summed E-state index contributed by atoms with van der Waals surface area (Å²) in [6, 6.07) is 7.30. The molecule has 1 aromatic carbocycles. The van der Waals surface area contributed by atoms with Crippen LogP contribution in [0.1, 0.15) is 19.4 Å². The summed E-state index contributed by atoms with van der Waals surface area (Å²) in [4.78, 5) is 11.6. The van der Waals surface area contributed by atoms with Crippen molar-refractivity contribution in [3.8, 4) is 18.1 Å². The van der Waals surface area contributed by atoms with Crippen LogP contribution in [0, 0.1) is 12.3 Å². The first-order valence-corrected chi connectivity index (χ1v) is 6.17. The van der Waals surface area contributed by atoms with Crippen LogP contribution >= 0.6 is 0 Å². The predicted octanol–water partition coefficient (Wildman–Crippen LogP) is 1.13. The average molecular weight is 261 g/mol. The number of hydrogen-bond acceptors (Lipinski definition) is 3. The molecule has 0 bridgehead atoms. The number of terminal acetylenes is 1. The molecule has 4 nitrogen and oxygen atoms in total. The van der Waals surface area contributed by atoms with Gasteiger partial charge in [0, 0.05) is 0 Å². The topological polar surface area (TPSA) is 58.6 Å². The third kappa shape index (κ3) is 5.45. The number of aliphatic hydroxyl groups excluding tert-OH is 1. The molecule has 1 aromatic rings. The van der Waals surface area contributed by atoms with Gasteiger partial charge in [-0.2, -0.15) is 0 Å². The summed E-state index contributed by atoms with van der Waals surface area (Å²) < 4.78 is 5.49. The second kappa shape index (κ2) is 7.45. The Bertz CT molecular complexity index is 445. The molecule has 2 N–H and O–H groups in total. The van der Waals surface area contributed by atoms with Gasteiger partial charge in [0.2, 0.25) is 0 Å². The zero-order chi connectivity index (χ0) is 14.3. The number of carbonyl (C=O) groups is 1. The van der Waals surface area contributed by atoms with Crippen LogP contribution in [0.5, 0.6) is 5.75 Å². The number of benzene rings is 1. The van der Waals surface area contributed by atoms with E-state index in [0.717, 1.165) is 5.56 Å². The summed E-state index contributed by atoms with van der Waals surface area (Å²) in [6.45, 7) is 3.59. The quantitative estimate of drug-likeness (QED) is 0.755. The van der Waals surface area contributed by atoms with Crippen LogP contribution in [0.25, 0.3) is 0 Å². The van der Waals surface area contributed by atoms with Crippen LogP contribution < -0.4 is 10.1 Å². The molecule has 0 fully saturated rings. The third-order valence-electron chi connectivity index (χ3n) is 2.50. The maximum atomic E-state index is 11.6. The van der Waals surface area contributed by atoms with Gasteiger partial charge in [-0.1, -0.05) is 18.1 Å². The van der Waals surface area contributed by atoms with E-state index in [-0.39, 0.29) is 18.6 Å². The number of hydrogen-bond donors (Lipinski definition) is 2. The lowest BCUT2D eigenvalue weighted by atomic mass is 10.1. The van der Waals surface area contributed by atoms with Crippen LogP contribution in [-0.2, 0) is 11.2 Å². The molecule has 0 saturated carbocycles. The maximum absolute atomic E-state index is 11.6. The van der Waals surface area contributed by atoms with Gasteiger partial charge in [0.15, 0.2) is 6.10 Å². The van der Waals surface area contributed by atoms with Crippen molar-refractivity contribution in [2.75, 3.05) is 6.54 Å². The highest BCUT2D eigenvalue weighted by molar-refractivity contribution is 5.80. The monoisotopic (exact) mass is 261 g/mol. The number of nitrogens with one attached hydrogen (secondary N) is 1. The maximum Gasteiger partial charge on any atom is 0.261 e. The lowest BCUT2D eigenvalue weighted by molar-refractivity contribution is -0.126. The van der Waals surface area contributed by atoms with Gasteiger partial charge in [-0.25, -0.2) is 0 Å². The number of rotatable bonds is 6. The Kier molecular flexibility index (Phi) is 5.91. The Morgan fingerprint density at radius 2 is 2.05 bits per heavy atom. The number of aliphatic hydroxyl groups is 1. The third-order valence-corrected chi connectivity index (χ3v) is 2.50. The first-order chi connectivity index (χ1) is 9.02. The molecule has 0 aromatic heterocycles. The molecule has 1 amide bonds. The van der Waals surface area contributed by atoms with Crippen LogP contribution in [0.2, 0.25) is 0 Å². The first-order valence-electron chi connectivity index (χ1n) is 6.17. The van der Waals surface area contributed by atoms with Crippen LogP contribution in [0.4, 0.5) is 0 Å². The Morgan fingerprint density at radius 3 is 2.58 bits per heavy atom. The van der Waals surface area contributed by atoms with Crippen molar-refractivity contribution in [3.05, 3.63) is 29.8 Å². The van der Waals surface area contributed by atoms with Gasteiger partial charge in [-0.15, -0.1) is 6.42 Å². The molecule has 4 heteroatoms. The first kappa shape index (κ1) is 15.1. The molecule has 0 saturated heterocycles. The Balaban J connectivity index is 2.53. The van der Waals surface area contributed by atoms with Crippen molar-refractivity contribution >= 4 is 5.91 Å².